The van der Waals surface area contributed by atoms with E-state index in [1.807, 2.05) is 42.5 Å². The molecule has 0 radical (unpaired) electrons. The van der Waals surface area contributed by atoms with Gasteiger partial charge in [0, 0.05) is 10.2 Å². The fourth-order valence-electron chi connectivity index (χ4n) is 2.14. The van der Waals surface area contributed by atoms with Gasteiger partial charge in [-0.3, -0.25) is 11.3 Å². The van der Waals surface area contributed by atoms with Crippen molar-refractivity contribution in [3.8, 4) is 5.75 Å². The molecule has 5 heteroatoms. The maximum absolute atomic E-state index is 6.03. The monoisotopic (exact) mass is 335 g/mol. The van der Waals surface area contributed by atoms with Crippen LogP contribution in [0.5, 0.6) is 5.75 Å². The molecule has 5 N–H and O–H groups in total. The summed E-state index contributed by atoms with van der Waals surface area (Å²) in [4.78, 5) is 0. The molecule has 2 aromatic carbocycles. The van der Waals surface area contributed by atoms with E-state index >= 15 is 0 Å². The van der Waals surface area contributed by atoms with Gasteiger partial charge in [0.05, 0.1) is 13.2 Å². The van der Waals surface area contributed by atoms with Gasteiger partial charge in [0.15, 0.2) is 0 Å². The normalized spacial score (nSPS) is 12.2. The fraction of sp³-hybridized carbons (Fsp3) is 0.200. The molecule has 106 valence electrons. The molecule has 2 aromatic rings. The molecule has 20 heavy (non-hydrogen) atoms. The van der Waals surface area contributed by atoms with Crippen molar-refractivity contribution in [2.24, 2.45) is 5.84 Å². The minimum Gasteiger partial charge on any atom is -0.497 e. The van der Waals surface area contributed by atoms with Crippen LogP contribution < -0.4 is 21.7 Å². The van der Waals surface area contributed by atoms with Crippen molar-refractivity contribution < 1.29 is 4.74 Å². The highest BCUT2D eigenvalue weighted by Crippen LogP contribution is 2.27. The zero-order valence-corrected chi connectivity index (χ0v) is 12.9. The van der Waals surface area contributed by atoms with Gasteiger partial charge in [-0.25, -0.2) is 0 Å². The van der Waals surface area contributed by atoms with E-state index in [2.05, 4.69) is 21.4 Å². The first-order chi connectivity index (χ1) is 9.63. The van der Waals surface area contributed by atoms with E-state index in [4.69, 9.17) is 16.3 Å². The first-order valence-electron chi connectivity index (χ1n) is 6.28. The molecule has 4 nitrogen and oxygen atoms in total. The second-order valence-corrected chi connectivity index (χ2v) is 5.46. The van der Waals surface area contributed by atoms with Gasteiger partial charge in [-0.15, -0.1) is 0 Å². The van der Waals surface area contributed by atoms with Gasteiger partial charge in [-0.2, -0.15) is 0 Å². The Hall–Kier alpha value is -1.56. The minimum absolute atomic E-state index is 0.0559. The molecule has 2 rings (SSSR count). The van der Waals surface area contributed by atoms with Crippen LogP contribution in [-0.2, 0) is 6.42 Å². The zero-order chi connectivity index (χ0) is 14.5. The number of anilines is 1. The number of hydrazine groups is 1. The Morgan fingerprint density at radius 3 is 2.75 bits per heavy atom. The van der Waals surface area contributed by atoms with Gasteiger partial charge in [0.25, 0.3) is 0 Å². The van der Waals surface area contributed by atoms with Crippen LogP contribution in [0.15, 0.2) is 46.9 Å². The summed E-state index contributed by atoms with van der Waals surface area (Å²) in [6.45, 7) is 0. The van der Waals surface area contributed by atoms with Crippen LogP contribution in [0.2, 0.25) is 0 Å². The van der Waals surface area contributed by atoms with Gasteiger partial charge >= 0.3 is 0 Å². The van der Waals surface area contributed by atoms with Gasteiger partial charge < -0.3 is 10.5 Å². The number of nitrogen functional groups attached to an aromatic ring is 1. The summed E-state index contributed by atoms with van der Waals surface area (Å²) in [5.41, 5.74) is 11.7. The van der Waals surface area contributed by atoms with E-state index in [1.165, 1.54) is 0 Å². The van der Waals surface area contributed by atoms with Crippen LogP contribution in [0, 0.1) is 0 Å². The summed E-state index contributed by atoms with van der Waals surface area (Å²) in [6.07, 6.45) is 0.731. The van der Waals surface area contributed by atoms with Crippen molar-refractivity contribution in [3.05, 3.63) is 58.1 Å². The zero-order valence-electron chi connectivity index (χ0n) is 11.3. The third-order valence-electron chi connectivity index (χ3n) is 3.20. The highest BCUT2D eigenvalue weighted by atomic mass is 79.9. The molecule has 1 unspecified atom stereocenters. The van der Waals surface area contributed by atoms with Gasteiger partial charge in [-0.1, -0.05) is 28.1 Å². The number of nitrogens with one attached hydrogen (secondary N) is 1. The molecule has 0 saturated carbocycles. The molecule has 0 heterocycles. The highest BCUT2D eigenvalue weighted by Gasteiger charge is 2.14. The molecule has 0 aliphatic rings. The first-order valence-corrected chi connectivity index (χ1v) is 7.07. The minimum atomic E-state index is -0.0559. The van der Waals surface area contributed by atoms with Crippen LogP contribution in [0.25, 0.3) is 0 Å². The van der Waals surface area contributed by atoms with Crippen molar-refractivity contribution >= 4 is 21.6 Å². The van der Waals surface area contributed by atoms with Crippen LogP contribution in [0.3, 0.4) is 0 Å². The van der Waals surface area contributed by atoms with Crippen LogP contribution in [0.4, 0.5) is 5.69 Å². The van der Waals surface area contributed by atoms with E-state index < -0.39 is 0 Å². The quantitative estimate of drug-likeness (QED) is 0.446. The van der Waals surface area contributed by atoms with E-state index in [-0.39, 0.29) is 6.04 Å². The van der Waals surface area contributed by atoms with Crippen molar-refractivity contribution in [2.75, 3.05) is 12.8 Å². The average Bonchev–Trinajstić information content (AvgIpc) is 2.47. The number of ether oxygens (including phenoxy) is 1. The number of methoxy groups -OCH3 is 1. The van der Waals surface area contributed by atoms with Crippen LogP contribution in [0.1, 0.15) is 17.2 Å². The molecule has 0 spiro atoms. The van der Waals surface area contributed by atoms with E-state index in [0.717, 1.165) is 33.5 Å². The highest BCUT2D eigenvalue weighted by molar-refractivity contribution is 9.10. The lowest BCUT2D eigenvalue weighted by molar-refractivity contribution is 0.414. The lowest BCUT2D eigenvalue weighted by Crippen LogP contribution is -2.30. The van der Waals surface area contributed by atoms with Gasteiger partial charge in [0.1, 0.15) is 5.75 Å². The predicted octanol–water partition coefficient (Wildman–Crippen LogP) is 2.79. The smallest absolute Gasteiger partial charge is 0.119 e. The molecule has 0 bridgehead atoms. The SMILES string of the molecule is COc1cccc(CC(NN)c2cc(Br)ccc2N)c1. The molecule has 0 aromatic heterocycles. The summed E-state index contributed by atoms with van der Waals surface area (Å²) in [5, 5.41) is 0. The van der Waals surface area contributed by atoms with Crippen molar-refractivity contribution in [2.45, 2.75) is 12.5 Å². The van der Waals surface area contributed by atoms with Gasteiger partial charge in [0.2, 0.25) is 0 Å². The molecule has 1 atom stereocenters. The van der Waals surface area contributed by atoms with Crippen molar-refractivity contribution in [3.63, 3.8) is 0 Å². The fourth-order valence-corrected chi connectivity index (χ4v) is 2.52. The first kappa shape index (κ1) is 14.8. The molecular weight excluding hydrogens is 318 g/mol. The second kappa shape index (κ2) is 6.74. The van der Waals surface area contributed by atoms with Gasteiger partial charge in [-0.05, 0) is 47.9 Å². The molecular formula is C15H18BrN3O. The Kier molecular flexibility index (Phi) is 5.00. The molecule has 0 saturated heterocycles. The summed E-state index contributed by atoms with van der Waals surface area (Å²) < 4.78 is 6.21. The topological polar surface area (TPSA) is 73.3 Å². The lowest BCUT2D eigenvalue weighted by Gasteiger charge is -2.19. The third-order valence-corrected chi connectivity index (χ3v) is 3.69. The molecule has 0 amide bonds. The third kappa shape index (κ3) is 3.50. The Balaban J connectivity index is 2.26. The Bertz CT molecular complexity index is 589. The molecule has 0 aliphatic carbocycles. The largest absolute Gasteiger partial charge is 0.497 e. The number of benzene rings is 2. The van der Waals surface area contributed by atoms with Crippen molar-refractivity contribution in [1.29, 1.82) is 0 Å². The summed E-state index contributed by atoms with van der Waals surface area (Å²) in [7, 11) is 1.66. The molecule has 0 fully saturated rings. The number of halogens is 1. The molecule has 0 aliphatic heterocycles. The van der Waals surface area contributed by atoms with Crippen molar-refractivity contribution in [1.82, 2.24) is 5.43 Å². The number of nitrogens with two attached hydrogens (primary N) is 2. The Labute approximate surface area is 127 Å². The van der Waals surface area contributed by atoms with Crippen LogP contribution >= 0.6 is 15.9 Å². The van der Waals surface area contributed by atoms with E-state index in [9.17, 15) is 0 Å². The Morgan fingerprint density at radius 2 is 2.05 bits per heavy atom. The number of hydrogen-bond acceptors (Lipinski definition) is 4. The number of hydrogen-bond donors (Lipinski definition) is 3. The maximum atomic E-state index is 6.03. The summed E-state index contributed by atoms with van der Waals surface area (Å²) in [6, 6.07) is 13.6. The average molecular weight is 336 g/mol. The predicted molar refractivity (Wildman–Crippen MR) is 85.3 cm³/mol. The Morgan fingerprint density at radius 1 is 1.25 bits per heavy atom. The lowest BCUT2D eigenvalue weighted by atomic mass is 9.98. The maximum Gasteiger partial charge on any atom is 0.119 e. The summed E-state index contributed by atoms with van der Waals surface area (Å²) >= 11 is 3.46. The van der Waals surface area contributed by atoms with E-state index in [1.54, 1.807) is 7.11 Å². The van der Waals surface area contributed by atoms with E-state index in [0.29, 0.717) is 0 Å². The second-order valence-electron chi connectivity index (χ2n) is 4.55. The van der Waals surface area contributed by atoms with Crippen LogP contribution in [-0.4, -0.2) is 7.11 Å². The number of rotatable bonds is 5. The standard InChI is InChI=1S/C15H18BrN3O/c1-20-12-4-2-3-10(7-12)8-15(19-18)13-9-11(16)5-6-14(13)17/h2-7,9,15,19H,8,17-18H2,1H3. The summed E-state index contributed by atoms with van der Waals surface area (Å²) in [5.74, 6) is 6.52.